The number of esters is 1. The van der Waals surface area contributed by atoms with Crippen LogP contribution in [0.2, 0.25) is 0 Å². The number of carbonyl (C=O) groups excluding carboxylic acids is 1. The fourth-order valence-corrected chi connectivity index (χ4v) is 5.00. The Morgan fingerprint density at radius 1 is 1.12 bits per heavy atom. The topological polar surface area (TPSA) is 47.4 Å². The first kappa shape index (κ1) is 21.7. The summed E-state index contributed by atoms with van der Waals surface area (Å²) in [7, 11) is 0. The molecule has 0 unspecified atom stereocenters. The molecule has 1 aliphatic heterocycles. The Kier molecular flexibility index (Phi) is 5.28. The molecule has 0 amide bonds. The van der Waals surface area contributed by atoms with E-state index in [4.69, 9.17) is 4.74 Å². The standard InChI is InChI=1S/C25H24F3N3O2/c1-2-33-23(32)19-15-29-31(22(19)25(26,27)28)21-10-6-9-20-18(21)11-14-30(24(20)12-13-24)16-17-7-4-3-5-8-17/h3-10,15H,2,11-14,16H2,1H3. The van der Waals surface area contributed by atoms with Gasteiger partial charge in [-0.2, -0.15) is 18.3 Å². The maximum Gasteiger partial charge on any atom is 0.434 e. The number of rotatable bonds is 5. The van der Waals surface area contributed by atoms with Gasteiger partial charge in [-0.05, 0) is 48.9 Å². The molecule has 0 atom stereocenters. The third-order valence-corrected chi connectivity index (χ3v) is 6.59. The van der Waals surface area contributed by atoms with Gasteiger partial charge in [0, 0.05) is 18.6 Å². The van der Waals surface area contributed by atoms with E-state index in [1.54, 1.807) is 19.1 Å². The van der Waals surface area contributed by atoms with E-state index in [2.05, 4.69) is 22.1 Å². The number of aromatic nitrogens is 2. The van der Waals surface area contributed by atoms with Crippen LogP contribution in [0, 0.1) is 0 Å². The molecule has 33 heavy (non-hydrogen) atoms. The summed E-state index contributed by atoms with van der Waals surface area (Å²) < 4.78 is 47.9. The molecule has 0 radical (unpaired) electrons. The second-order valence-electron chi connectivity index (χ2n) is 8.53. The Bertz CT molecular complexity index is 1180. The molecular weight excluding hydrogens is 431 g/mol. The summed E-state index contributed by atoms with van der Waals surface area (Å²) in [6, 6.07) is 15.7. The summed E-state index contributed by atoms with van der Waals surface area (Å²) in [6.07, 6.45) is -1.26. The molecule has 2 aromatic carbocycles. The summed E-state index contributed by atoms with van der Waals surface area (Å²) in [5, 5.41) is 4.00. The van der Waals surface area contributed by atoms with Gasteiger partial charge in [-0.1, -0.05) is 42.5 Å². The minimum atomic E-state index is -4.76. The predicted molar refractivity (Wildman–Crippen MR) is 116 cm³/mol. The first-order chi connectivity index (χ1) is 15.8. The largest absolute Gasteiger partial charge is 0.462 e. The van der Waals surface area contributed by atoms with Gasteiger partial charge in [0.1, 0.15) is 5.56 Å². The van der Waals surface area contributed by atoms with Gasteiger partial charge in [-0.25, -0.2) is 9.48 Å². The molecule has 3 aromatic rings. The van der Waals surface area contributed by atoms with E-state index in [0.29, 0.717) is 12.1 Å². The van der Waals surface area contributed by atoms with E-state index in [1.165, 1.54) is 5.56 Å². The number of nitrogens with zero attached hydrogens (tertiary/aromatic N) is 3. The highest BCUT2D eigenvalue weighted by Crippen LogP contribution is 2.55. The van der Waals surface area contributed by atoms with E-state index in [0.717, 1.165) is 47.9 Å². The van der Waals surface area contributed by atoms with Crippen molar-refractivity contribution in [3.8, 4) is 5.69 Å². The third-order valence-electron chi connectivity index (χ3n) is 6.59. The number of alkyl halides is 3. The molecular formula is C25H24F3N3O2. The SMILES string of the molecule is CCOC(=O)c1cnn(-c2cccc3c2CCN(Cc2ccccc2)C32CC2)c1C(F)(F)F. The minimum Gasteiger partial charge on any atom is -0.462 e. The van der Waals surface area contributed by atoms with Crippen LogP contribution in [0.1, 0.15) is 52.5 Å². The molecule has 5 rings (SSSR count). The number of fused-ring (bicyclic) bond motifs is 2. The summed E-state index contributed by atoms with van der Waals surface area (Å²) in [5.74, 6) is -1.02. The zero-order valence-electron chi connectivity index (χ0n) is 18.2. The van der Waals surface area contributed by atoms with Crippen molar-refractivity contribution in [3.05, 3.63) is 82.7 Å². The highest BCUT2D eigenvalue weighted by molar-refractivity contribution is 5.90. The van der Waals surface area contributed by atoms with E-state index in [1.807, 2.05) is 24.3 Å². The van der Waals surface area contributed by atoms with Crippen LogP contribution in [0.3, 0.4) is 0 Å². The Labute approximate surface area is 189 Å². The monoisotopic (exact) mass is 455 g/mol. The molecule has 2 aliphatic rings. The Hall–Kier alpha value is -3.13. The highest BCUT2D eigenvalue weighted by atomic mass is 19.4. The van der Waals surface area contributed by atoms with Gasteiger partial charge in [0.2, 0.25) is 0 Å². The molecule has 1 aliphatic carbocycles. The van der Waals surface area contributed by atoms with Crippen LogP contribution in [-0.4, -0.2) is 33.8 Å². The van der Waals surface area contributed by atoms with Crippen molar-refractivity contribution in [1.29, 1.82) is 0 Å². The maximum atomic E-state index is 14.1. The van der Waals surface area contributed by atoms with Crippen molar-refractivity contribution in [2.24, 2.45) is 0 Å². The molecule has 8 heteroatoms. The van der Waals surface area contributed by atoms with Crippen LogP contribution in [0.15, 0.2) is 54.7 Å². The van der Waals surface area contributed by atoms with Crippen LogP contribution in [0.25, 0.3) is 5.69 Å². The number of carbonyl (C=O) groups is 1. The zero-order chi connectivity index (χ0) is 23.2. The number of benzene rings is 2. The van der Waals surface area contributed by atoms with Gasteiger partial charge in [-0.15, -0.1) is 0 Å². The smallest absolute Gasteiger partial charge is 0.434 e. The molecule has 0 N–H and O–H groups in total. The fraction of sp³-hybridized carbons (Fsp3) is 0.360. The maximum absolute atomic E-state index is 14.1. The lowest BCUT2D eigenvalue weighted by molar-refractivity contribution is -0.143. The third kappa shape index (κ3) is 3.72. The first-order valence-electron chi connectivity index (χ1n) is 11.1. The fourth-order valence-electron chi connectivity index (χ4n) is 5.00. The molecule has 0 saturated heterocycles. The molecule has 1 fully saturated rings. The quantitative estimate of drug-likeness (QED) is 0.502. The van der Waals surface area contributed by atoms with E-state index in [-0.39, 0.29) is 12.1 Å². The molecule has 1 aromatic heterocycles. The summed E-state index contributed by atoms with van der Waals surface area (Å²) in [4.78, 5) is 14.6. The summed E-state index contributed by atoms with van der Waals surface area (Å²) in [6.45, 7) is 3.08. The highest BCUT2D eigenvalue weighted by Gasteiger charge is 2.52. The van der Waals surface area contributed by atoms with Gasteiger partial charge < -0.3 is 4.74 Å². The van der Waals surface area contributed by atoms with Crippen LogP contribution in [0.4, 0.5) is 13.2 Å². The lowest BCUT2D eigenvalue weighted by Crippen LogP contribution is -2.41. The Morgan fingerprint density at radius 2 is 1.88 bits per heavy atom. The molecule has 5 nitrogen and oxygen atoms in total. The zero-order valence-corrected chi connectivity index (χ0v) is 18.2. The van der Waals surface area contributed by atoms with Gasteiger partial charge in [0.05, 0.1) is 18.5 Å². The van der Waals surface area contributed by atoms with Crippen molar-refractivity contribution >= 4 is 5.97 Å². The second kappa shape index (κ2) is 8.02. The molecule has 1 saturated carbocycles. The van der Waals surface area contributed by atoms with Gasteiger partial charge in [0.15, 0.2) is 5.69 Å². The summed E-state index contributed by atoms with van der Waals surface area (Å²) >= 11 is 0. The lowest BCUT2D eigenvalue weighted by atomic mass is 9.88. The minimum absolute atomic E-state index is 0.0121. The van der Waals surface area contributed by atoms with Gasteiger partial charge >= 0.3 is 12.1 Å². The molecule has 0 bridgehead atoms. The number of hydrogen-bond donors (Lipinski definition) is 0. The first-order valence-corrected chi connectivity index (χ1v) is 11.1. The van der Waals surface area contributed by atoms with Crippen LogP contribution in [0.5, 0.6) is 0 Å². The lowest BCUT2D eigenvalue weighted by Gasteiger charge is -2.39. The second-order valence-corrected chi connectivity index (χ2v) is 8.53. The number of ether oxygens (including phenoxy) is 1. The van der Waals surface area contributed by atoms with Gasteiger partial charge in [0.25, 0.3) is 0 Å². The Morgan fingerprint density at radius 3 is 2.55 bits per heavy atom. The van der Waals surface area contributed by atoms with Crippen molar-refractivity contribution < 1.29 is 22.7 Å². The van der Waals surface area contributed by atoms with E-state index in [9.17, 15) is 18.0 Å². The average molecular weight is 455 g/mol. The normalized spacial score (nSPS) is 17.1. The van der Waals surface area contributed by atoms with Crippen LogP contribution >= 0.6 is 0 Å². The van der Waals surface area contributed by atoms with Crippen molar-refractivity contribution in [1.82, 2.24) is 14.7 Å². The molecule has 1 spiro atoms. The molecule has 172 valence electrons. The molecule has 2 heterocycles. The van der Waals surface area contributed by atoms with Crippen molar-refractivity contribution in [3.63, 3.8) is 0 Å². The van der Waals surface area contributed by atoms with Crippen molar-refractivity contribution in [2.45, 2.75) is 44.4 Å². The van der Waals surface area contributed by atoms with Crippen LogP contribution < -0.4 is 0 Å². The van der Waals surface area contributed by atoms with E-state index >= 15 is 0 Å². The average Bonchev–Trinajstić information content (AvgIpc) is 3.44. The Balaban J connectivity index is 1.57. The summed E-state index contributed by atoms with van der Waals surface area (Å²) in [5.41, 5.74) is 1.70. The predicted octanol–water partition coefficient (Wildman–Crippen LogP) is 5.12. The number of hydrogen-bond acceptors (Lipinski definition) is 4. The van der Waals surface area contributed by atoms with Crippen molar-refractivity contribution in [2.75, 3.05) is 13.2 Å². The number of halogens is 3. The van der Waals surface area contributed by atoms with Gasteiger partial charge in [-0.3, -0.25) is 4.90 Å². The van der Waals surface area contributed by atoms with Crippen LogP contribution in [-0.2, 0) is 29.4 Å². The van der Waals surface area contributed by atoms with E-state index < -0.39 is 23.4 Å².